The van der Waals surface area contributed by atoms with E-state index in [1.54, 1.807) is 24.3 Å². The molecule has 1 aromatic heterocycles. The molecule has 0 saturated carbocycles. The Morgan fingerprint density at radius 2 is 1.80 bits per heavy atom. The first kappa shape index (κ1) is 29.1. The van der Waals surface area contributed by atoms with E-state index in [1.165, 1.54) is 12.1 Å². The van der Waals surface area contributed by atoms with E-state index in [2.05, 4.69) is 59.0 Å². The highest BCUT2D eigenvalue weighted by molar-refractivity contribution is 5.94. The Labute approximate surface area is 231 Å². The average Bonchev–Trinajstić information content (AvgIpc) is 3.53. The van der Waals surface area contributed by atoms with Gasteiger partial charge in [-0.2, -0.15) is 10.5 Å². The summed E-state index contributed by atoms with van der Waals surface area (Å²) in [6.07, 6.45) is -2.25. The van der Waals surface area contributed by atoms with E-state index < -0.39 is 12.7 Å². The van der Waals surface area contributed by atoms with E-state index in [0.717, 1.165) is 30.5 Å². The van der Waals surface area contributed by atoms with Crippen molar-refractivity contribution in [2.24, 2.45) is 15.8 Å². The van der Waals surface area contributed by atoms with Gasteiger partial charge in [0.25, 0.3) is 5.91 Å². The van der Waals surface area contributed by atoms with E-state index in [1.807, 2.05) is 22.9 Å². The fourth-order valence-electron chi connectivity index (χ4n) is 4.42. The number of hydrazine groups is 1. The van der Waals surface area contributed by atoms with Crippen molar-refractivity contribution in [3.63, 3.8) is 0 Å². The SMILES string of the molecule is CC(CCCC(C)(C)C)c1cc(-c2ccc(OC(F)(F)F)cc2)nn1Cc1ccc(C(=O)NC2N=NNN2)cc1. The van der Waals surface area contributed by atoms with Crippen LogP contribution in [0.2, 0.25) is 0 Å². The molecule has 0 radical (unpaired) electrons. The third kappa shape index (κ3) is 8.28. The molecule has 0 aliphatic carbocycles. The molecule has 0 fully saturated rings. The highest BCUT2D eigenvalue weighted by atomic mass is 19.4. The number of nitrogens with zero attached hydrogens (tertiary/aromatic N) is 4. The van der Waals surface area contributed by atoms with Crippen molar-refractivity contribution in [3.8, 4) is 17.0 Å². The van der Waals surface area contributed by atoms with Crippen LogP contribution in [0.15, 0.2) is 64.9 Å². The van der Waals surface area contributed by atoms with E-state index >= 15 is 0 Å². The topological polar surface area (TPSA) is 105 Å². The van der Waals surface area contributed by atoms with Crippen molar-refractivity contribution < 1.29 is 22.7 Å². The molecule has 4 rings (SSSR count). The first-order valence-corrected chi connectivity index (χ1v) is 13.1. The largest absolute Gasteiger partial charge is 0.573 e. The number of hydrogen-bond donors (Lipinski definition) is 3. The zero-order valence-corrected chi connectivity index (χ0v) is 22.9. The number of rotatable bonds is 10. The van der Waals surface area contributed by atoms with Crippen LogP contribution in [-0.2, 0) is 6.54 Å². The van der Waals surface area contributed by atoms with Crippen LogP contribution in [0.5, 0.6) is 5.75 Å². The van der Waals surface area contributed by atoms with Crippen LogP contribution in [0.4, 0.5) is 13.2 Å². The maximum atomic E-state index is 12.6. The van der Waals surface area contributed by atoms with Crippen LogP contribution in [0.3, 0.4) is 0 Å². The van der Waals surface area contributed by atoms with Gasteiger partial charge < -0.3 is 10.1 Å². The van der Waals surface area contributed by atoms with Gasteiger partial charge in [-0.15, -0.1) is 18.3 Å². The normalized spacial score (nSPS) is 16.0. The predicted octanol–water partition coefficient (Wildman–Crippen LogP) is 6.31. The van der Waals surface area contributed by atoms with Gasteiger partial charge in [0.05, 0.1) is 12.2 Å². The fraction of sp³-hybridized carbons (Fsp3) is 0.429. The molecule has 2 atom stereocenters. The lowest BCUT2D eigenvalue weighted by Crippen LogP contribution is -2.44. The second-order valence-corrected chi connectivity index (χ2v) is 11.1. The van der Waals surface area contributed by atoms with Crippen molar-refractivity contribution in [1.29, 1.82) is 0 Å². The van der Waals surface area contributed by atoms with Gasteiger partial charge in [-0.1, -0.05) is 51.5 Å². The molecule has 1 amide bonds. The first-order chi connectivity index (χ1) is 18.9. The molecule has 0 saturated heterocycles. The summed E-state index contributed by atoms with van der Waals surface area (Å²) < 4.78 is 43.7. The Bertz CT molecular complexity index is 1310. The van der Waals surface area contributed by atoms with Crippen LogP contribution in [-0.4, -0.2) is 28.3 Å². The fourth-order valence-corrected chi connectivity index (χ4v) is 4.42. The third-order valence-electron chi connectivity index (χ3n) is 6.50. The summed E-state index contributed by atoms with van der Waals surface area (Å²) in [5.74, 6) is -0.360. The van der Waals surface area contributed by atoms with Crippen LogP contribution in [0.25, 0.3) is 11.3 Å². The van der Waals surface area contributed by atoms with Gasteiger partial charge in [0.1, 0.15) is 5.75 Å². The van der Waals surface area contributed by atoms with Gasteiger partial charge in [-0.3, -0.25) is 9.48 Å². The zero-order chi connectivity index (χ0) is 28.9. The van der Waals surface area contributed by atoms with Gasteiger partial charge in [-0.05, 0) is 72.2 Å². The quantitative estimate of drug-likeness (QED) is 0.271. The number of carbonyl (C=O) groups excluding carboxylic acids is 1. The lowest BCUT2D eigenvalue weighted by molar-refractivity contribution is -0.274. The molecule has 3 aromatic rings. The molecule has 1 aliphatic rings. The predicted molar refractivity (Wildman–Crippen MR) is 144 cm³/mol. The van der Waals surface area contributed by atoms with E-state index in [-0.39, 0.29) is 23.0 Å². The third-order valence-corrected chi connectivity index (χ3v) is 6.50. The molecule has 3 N–H and O–H groups in total. The maximum Gasteiger partial charge on any atom is 0.573 e. The van der Waals surface area contributed by atoms with Gasteiger partial charge in [0.15, 0.2) is 0 Å². The molecular weight excluding hydrogens is 523 g/mol. The average molecular weight is 558 g/mol. The van der Waals surface area contributed by atoms with Gasteiger partial charge in [-0.25, -0.2) is 5.53 Å². The molecule has 214 valence electrons. The first-order valence-electron chi connectivity index (χ1n) is 13.1. The maximum absolute atomic E-state index is 12.6. The summed E-state index contributed by atoms with van der Waals surface area (Å²) in [5.41, 5.74) is 9.20. The molecule has 9 nitrogen and oxygen atoms in total. The number of amides is 1. The Balaban J connectivity index is 1.53. The highest BCUT2D eigenvalue weighted by Crippen LogP contribution is 2.31. The summed E-state index contributed by atoms with van der Waals surface area (Å²) in [6.45, 7) is 9.31. The molecule has 0 spiro atoms. The van der Waals surface area contributed by atoms with Crippen molar-refractivity contribution in [2.75, 3.05) is 0 Å². The van der Waals surface area contributed by atoms with E-state index in [0.29, 0.717) is 23.4 Å². The monoisotopic (exact) mass is 557 g/mol. The highest BCUT2D eigenvalue weighted by Gasteiger charge is 2.31. The number of hydrogen-bond acceptors (Lipinski definition) is 7. The van der Waals surface area contributed by atoms with Crippen molar-refractivity contribution in [3.05, 3.63) is 71.4 Å². The molecular formula is C28H34F3N7O2. The van der Waals surface area contributed by atoms with Gasteiger partial charge in [0, 0.05) is 16.8 Å². The molecule has 2 unspecified atom stereocenters. The molecule has 40 heavy (non-hydrogen) atoms. The smallest absolute Gasteiger partial charge is 0.406 e. The standard InChI is InChI=1S/C28H34F3N7O2/c1-18(6-5-15-27(2,3)4)24-16-23(20-11-13-22(14-12-20)40-28(29,30)31)35-38(24)17-19-7-9-21(10-8-19)25(39)32-26-33-36-37-34-26/h7-14,16,18,26H,5-6,15,17H2,1-4H3,(H,32,39)(H,33,37)(H,34,36). The number of carbonyl (C=O) groups is 1. The number of benzene rings is 2. The number of ether oxygens (including phenoxy) is 1. The number of aromatic nitrogens is 2. The molecule has 2 aromatic carbocycles. The zero-order valence-electron chi connectivity index (χ0n) is 22.9. The van der Waals surface area contributed by atoms with Crippen LogP contribution in [0, 0.1) is 5.41 Å². The lowest BCUT2D eigenvalue weighted by atomic mass is 9.87. The van der Waals surface area contributed by atoms with E-state index in [4.69, 9.17) is 5.10 Å². The van der Waals surface area contributed by atoms with Gasteiger partial charge >= 0.3 is 6.36 Å². The minimum Gasteiger partial charge on any atom is -0.406 e. The van der Waals surface area contributed by atoms with Gasteiger partial charge in [0.2, 0.25) is 6.29 Å². The van der Waals surface area contributed by atoms with Crippen molar-refractivity contribution in [2.45, 2.75) is 72.1 Å². The molecule has 1 aliphatic heterocycles. The minimum atomic E-state index is -4.75. The Hall–Kier alpha value is -3.93. The second kappa shape index (κ2) is 12.1. The van der Waals surface area contributed by atoms with Crippen LogP contribution >= 0.6 is 0 Å². The lowest BCUT2D eigenvalue weighted by Gasteiger charge is -2.20. The molecule has 12 heteroatoms. The molecule has 0 bridgehead atoms. The Morgan fingerprint density at radius 3 is 2.40 bits per heavy atom. The molecule has 2 heterocycles. The minimum absolute atomic E-state index is 0.211. The second-order valence-electron chi connectivity index (χ2n) is 11.1. The van der Waals surface area contributed by atoms with E-state index in [9.17, 15) is 18.0 Å². The summed E-state index contributed by atoms with van der Waals surface area (Å²) in [6, 6.07) is 14.9. The van der Waals surface area contributed by atoms with Crippen molar-refractivity contribution in [1.82, 2.24) is 26.1 Å². The Morgan fingerprint density at radius 1 is 1.10 bits per heavy atom. The number of nitrogens with one attached hydrogen (secondary N) is 3. The van der Waals surface area contributed by atoms with Crippen molar-refractivity contribution >= 4 is 5.91 Å². The summed E-state index contributed by atoms with van der Waals surface area (Å²) in [5, 5.41) is 14.9. The van der Waals surface area contributed by atoms with Crippen LogP contribution < -0.4 is 21.0 Å². The summed E-state index contributed by atoms with van der Waals surface area (Å²) in [7, 11) is 0. The summed E-state index contributed by atoms with van der Waals surface area (Å²) >= 11 is 0. The summed E-state index contributed by atoms with van der Waals surface area (Å²) in [4.78, 5) is 12.5. The number of alkyl halides is 3. The Kier molecular flexibility index (Phi) is 8.77. The number of halogens is 3. The van der Waals surface area contributed by atoms with Crippen LogP contribution in [0.1, 0.15) is 74.5 Å².